The summed E-state index contributed by atoms with van der Waals surface area (Å²) in [5.74, 6) is 0. The first-order chi connectivity index (χ1) is 7.53. The van der Waals surface area contributed by atoms with Crippen molar-refractivity contribution in [3.05, 3.63) is 0 Å². The molecular weight excluding hydrogens is 218 g/mol. The molecule has 0 aliphatic carbocycles. The molecule has 1 fully saturated rings. The minimum absolute atomic E-state index is 0.0117. The van der Waals surface area contributed by atoms with Gasteiger partial charge in [-0.05, 0) is 48.7 Å². The Kier molecular flexibility index (Phi) is 4.24. The molecule has 0 bridgehead atoms. The van der Waals surface area contributed by atoms with E-state index in [1.54, 1.807) is 0 Å². The fourth-order valence-electron chi connectivity index (χ4n) is 2.77. The van der Waals surface area contributed by atoms with E-state index in [-0.39, 0.29) is 24.0 Å². The van der Waals surface area contributed by atoms with Gasteiger partial charge < -0.3 is 19.5 Å². The van der Waals surface area contributed by atoms with Crippen LogP contribution in [0.15, 0.2) is 0 Å². The Hall–Kier alpha value is -0.160. The highest BCUT2D eigenvalue weighted by atomic mass is 16.7. The van der Waals surface area contributed by atoms with E-state index in [1.807, 2.05) is 53.6 Å². The molecule has 0 amide bonds. The van der Waals surface area contributed by atoms with E-state index < -0.39 is 5.60 Å². The second-order valence-corrected chi connectivity index (χ2v) is 6.47. The van der Waals surface area contributed by atoms with Gasteiger partial charge in [0.1, 0.15) is 0 Å². The van der Waals surface area contributed by atoms with E-state index in [0.29, 0.717) is 6.42 Å². The number of aliphatic hydroxyl groups is 1. The van der Waals surface area contributed by atoms with Crippen LogP contribution in [0, 0.1) is 0 Å². The van der Waals surface area contributed by atoms with Gasteiger partial charge in [-0.2, -0.15) is 0 Å². The van der Waals surface area contributed by atoms with Gasteiger partial charge in [0.15, 0.2) is 6.29 Å². The summed E-state index contributed by atoms with van der Waals surface area (Å²) in [5, 5.41) is 10.5. The maximum Gasteiger partial charge on any atom is 0.161 e. The van der Waals surface area contributed by atoms with Crippen molar-refractivity contribution in [3.63, 3.8) is 0 Å². The maximum atomic E-state index is 10.5. The SMILES string of the molecule is C[C@@H]1O[C@@H](OC(C)(C)C)C[C@](C)(O)[C@@H]1N(C)C. The summed E-state index contributed by atoms with van der Waals surface area (Å²) in [4.78, 5) is 2.01. The first-order valence-corrected chi connectivity index (χ1v) is 6.25. The summed E-state index contributed by atoms with van der Waals surface area (Å²) >= 11 is 0. The number of hydrogen-bond acceptors (Lipinski definition) is 4. The Labute approximate surface area is 105 Å². The molecule has 1 aliphatic rings. The Morgan fingerprint density at radius 1 is 1.35 bits per heavy atom. The van der Waals surface area contributed by atoms with Crippen molar-refractivity contribution in [3.8, 4) is 0 Å². The fourth-order valence-corrected chi connectivity index (χ4v) is 2.77. The van der Waals surface area contributed by atoms with Crippen molar-refractivity contribution < 1.29 is 14.6 Å². The van der Waals surface area contributed by atoms with E-state index in [9.17, 15) is 5.11 Å². The Balaban J connectivity index is 2.75. The average molecular weight is 245 g/mol. The van der Waals surface area contributed by atoms with Crippen molar-refractivity contribution >= 4 is 0 Å². The maximum absolute atomic E-state index is 10.5. The van der Waals surface area contributed by atoms with Crippen LogP contribution in [0.1, 0.15) is 41.0 Å². The van der Waals surface area contributed by atoms with Gasteiger partial charge >= 0.3 is 0 Å². The van der Waals surface area contributed by atoms with E-state index in [1.165, 1.54) is 0 Å². The zero-order chi connectivity index (χ0) is 13.4. The third-order valence-electron chi connectivity index (χ3n) is 3.07. The van der Waals surface area contributed by atoms with E-state index >= 15 is 0 Å². The number of nitrogens with zero attached hydrogens (tertiary/aromatic N) is 1. The van der Waals surface area contributed by atoms with Crippen molar-refractivity contribution in [2.45, 2.75) is 70.7 Å². The molecule has 102 valence electrons. The molecule has 1 rings (SSSR count). The first-order valence-electron chi connectivity index (χ1n) is 6.25. The second kappa shape index (κ2) is 4.84. The zero-order valence-corrected chi connectivity index (χ0v) is 12.2. The molecule has 1 saturated heterocycles. The Bertz CT molecular complexity index is 258. The summed E-state index contributed by atoms with van der Waals surface area (Å²) in [6, 6.07) is -0.0117. The molecule has 0 aromatic rings. The van der Waals surface area contributed by atoms with Gasteiger partial charge in [-0.25, -0.2) is 0 Å². The van der Waals surface area contributed by atoms with Crippen LogP contribution < -0.4 is 0 Å². The van der Waals surface area contributed by atoms with Gasteiger partial charge in [-0.3, -0.25) is 0 Å². The molecule has 0 saturated carbocycles. The number of hydrogen-bond donors (Lipinski definition) is 1. The number of rotatable bonds is 2. The van der Waals surface area contributed by atoms with Crippen molar-refractivity contribution in [1.29, 1.82) is 0 Å². The predicted molar refractivity (Wildman–Crippen MR) is 67.9 cm³/mol. The molecular formula is C13H27NO3. The van der Waals surface area contributed by atoms with Crippen LogP contribution in [0.4, 0.5) is 0 Å². The van der Waals surface area contributed by atoms with Crippen LogP contribution in [-0.2, 0) is 9.47 Å². The standard InChI is InChI=1S/C13H27NO3/c1-9-11(14(6)7)13(5,15)8-10(16-9)17-12(2,3)4/h9-11,15H,8H2,1-7H3/t9-,10-,11+,13-/m0/s1. The van der Waals surface area contributed by atoms with Gasteiger partial charge in [0.2, 0.25) is 0 Å². The lowest BCUT2D eigenvalue weighted by molar-refractivity contribution is -0.280. The van der Waals surface area contributed by atoms with Crippen molar-refractivity contribution in [2.24, 2.45) is 0 Å². The van der Waals surface area contributed by atoms with Crippen molar-refractivity contribution in [1.82, 2.24) is 4.90 Å². The molecule has 0 aromatic heterocycles. The molecule has 1 aliphatic heterocycles. The van der Waals surface area contributed by atoms with Gasteiger partial charge in [-0.1, -0.05) is 0 Å². The van der Waals surface area contributed by atoms with Gasteiger partial charge in [0, 0.05) is 6.42 Å². The molecule has 4 nitrogen and oxygen atoms in total. The molecule has 1 heterocycles. The van der Waals surface area contributed by atoms with Crippen LogP contribution in [0.3, 0.4) is 0 Å². The summed E-state index contributed by atoms with van der Waals surface area (Å²) in [7, 11) is 3.92. The second-order valence-electron chi connectivity index (χ2n) is 6.47. The average Bonchev–Trinajstić information content (AvgIpc) is 1.93. The van der Waals surface area contributed by atoms with Crippen LogP contribution in [0.5, 0.6) is 0 Å². The lowest BCUT2D eigenvalue weighted by atomic mass is 9.85. The molecule has 0 spiro atoms. The molecule has 4 heteroatoms. The topological polar surface area (TPSA) is 41.9 Å². The third kappa shape index (κ3) is 3.91. The van der Waals surface area contributed by atoms with Crippen LogP contribution in [0.2, 0.25) is 0 Å². The summed E-state index contributed by atoms with van der Waals surface area (Å²) in [6.07, 6.45) is 0.106. The summed E-state index contributed by atoms with van der Waals surface area (Å²) in [5.41, 5.74) is -1.05. The molecule has 0 aromatic carbocycles. The van der Waals surface area contributed by atoms with Crippen LogP contribution >= 0.6 is 0 Å². The molecule has 17 heavy (non-hydrogen) atoms. The van der Waals surface area contributed by atoms with E-state index in [0.717, 1.165) is 0 Å². The Morgan fingerprint density at radius 3 is 2.24 bits per heavy atom. The van der Waals surface area contributed by atoms with Crippen LogP contribution in [0.25, 0.3) is 0 Å². The van der Waals surface area contributed by atoms with Crippen LogP contribution in [-0.4, -0.2) is 53.7 Å². The normalized spacial score (nSPS) is 39.7. The van der Waals surface area contributed by atoms with Gasteiger partial charge in [0.25, 0.3) is 0 Å². The van der Waals surface area contributed by atoms with Crippen molar-refractivity contribution in [2.75, 3.05) is 14.1 Å². The minimum atomic E-state index is -0.795. The number of ether oxygens (including phenoxy) is 2. The molecule has 1 N–H and O–H groups in total. The van der Waals surface area contributed by atoms with Gasteiger partial charge in [-0.15, -0.1) is 0 Å². The largest absolute Gasteiger partial charge is 0.388 e. The lowest BCUT2D eigenvalue weighted by Crippen LogP contribution is -2.61. The fraction of sp³-hybridized carbons (Fsp3) is 1.00. The van der Waals surface area contributed by atoms with Gasteiger partial charge in [0.05, 0.1) is 23.3 Å². The lowest BCUT2D eigenvalue weighted by Gasteiger charge is -2.48. The minimum Gasteiger partial charge on any atom is -0.388 e. The zero-order valence-electron chi connectivity index (χ0n) is 12.2. The highest BCUT2D eigenvalue weighted by molar-refractivity contribution is 4.96. The Morgan fingerprint density at radius 2 is 1.88 bits per heavy atom. The highest BCUT2D eigenvalue weighted by Gasteiger charge is 2.46. The quantitative estimate of drug-likeness (QED) is 0.802. The van der Waals surface area contributed by atoms with E-state index in [4.69, 9.17) is 9.47 Å². The van der Waals surface area contributed by atoms with E-state index in [2.05, 4.69) is 0 Å². The third-order valence-corrected chi connectivity index (χ3v) is 3.07. The number of likely N-dealkylation sites (N-methyl/N-ethyl adjacent to an activating group) is 1. The highest BCUT2D eigenvalue weighted by Crippen LogP contribution is 2.33. The first kappa shape index (κ1) is 14.9. The predicted octanol–water partition coefficient (Wildman–Crippen LogP) is 1.62. The summed E-state index contributed by atoms with van der Waals surface area (Å²) < 4.78 is 11.7. The monoisotopic (exact) mass is 245 g/mol. The molecule has 4 atom stereocenters. The molecule has 0 radical (unpaired) electrons. The molecule has 0 unspecified atom stereocenters. The summed E-state index contributed by atoms with van der Waals surface area (Å²) in [6.45, 7) is 9.82. The smallest absolute Gasteiger partial charge is 0.161 e.